The highest BCUT2D eigenvalue weighted by atomic mass is 16.5. The number of methoxy groups -OCH3 is 1. The summed E-state index contributed by atoms with van der Waals surface area (Å²) in [4.78, 5) is 17.1. The summed E-state index contributed by atoms with van der Waals surface area (Å²) < 4.78 is 5.32. The smallest absolute Gasteiger partial charge is 0.166 e. The Hall–Kier alpha value is -1.94. The Morgan fingerprint density at radius 1 is 1.30 bits per heavy atom. The van der Waals surface area contributed by atoms with Crippen molar-refractivity contribution < 1.29 is 9.53 Å². The number of Topliss-reactive ketones (excluding diaryl/α,β-unsaturated/α-hetero) is 1. The summed E-state index contributed by atoms with van der Waals surface area (Å²) in [6, 6.07) is 7.51. The standard InChI is InChI=1S/C16H18N2O2/c1-20-14-5-4-13(12-3-2-8-18-15(12)14)16(19)11-6-9-17-10-7-11/h2-5,8,11,17H,6-7,9-10H2,1H3. The normalized spacial score (nSPS) is 16.2. The average molecular weight is 270 g/mol. The molecule has 4 nitrogen and oxygen atoms in total. The minimum absolute atomic E-state index is 0.119. The molecule has 1 aliphatic heterocycles. The SMILES string of the molecule is COc1ccc(C(=O)C2CCNCC2)c2cccnc12. The van der Waals surface area contributed by atoms with Gasteiger partial charge in [0.05, 0.1) is 7.11 Å². The Labute approximate surface area is 118 Å². The molecule has 0 aliphatic carbocycles. The van der Waals surface area contributed by atoms with E-state index in [1.54, 1.807) is 13.3 Å². The first-order valence-corrected chi connectivity index (χ1v) is 6.98. The molecule has 1 N–H and O–H groups in total. The lowest BCUT2D eigenvalue weighted by Crippen LogP contribution is -2.32. The summed E-state index contributed by atoms with van der Waals surface area (Å²) in [5, 5.41) is 4.18. The fraction of sp³-hybridized carbons (Fsp3) is 0.375. The molecule has 2 heterocycles. The molecule has 1 aliphatic rings. The number of hydrogen-bond donors (Lipinski definition) is 1. The third-order valence-corrected chi connectivity index (χ3v) is 3.93. The Morgan fingerprint density at radius 2 is 2.10 bits per heavy atom. The zero-order valence-corrected chi connectivity index (χ0v) is 11.6. The minimum Gasteiger partial charge on any atom is -0.494 e. The molecule has 104 valence electrons. The van der Waals surface area contributed by atoms with Gasteiger partial charge in [-0.15, -0.1) is 0 Å². The van der Waals surface area contributed by atoms with Crippen LogP contribution in [0.15, 0.2) is 30.5 Å². The van der Waals surface area contributed by atoms with Gasteiger partial charge in [-0.05, 0) is 44.1 Å². The minimum atomic E-state index is 0.119. The zero-order chi connectivity index (χ0) is 13.9. The van der Waals surface area contributed by atoms with Crippen LogP contribution in [-0.2, 0) is 0 Å². The van der Waals surface area contributed by atoms with E-state index in [1.165, 1.54) is 0 Å². The number of nitrogens with one attached hydrogen (secondary N) is 1. The van der Waals surface area contributed by atoms with Crippen molar-refractivity contribution >= 4 is 16.7 Å². The highest BCUT2D eigenvalue weighted by Crippen LogP contribution is 2.29. The number of carbonyl (C=O) groups excluding carboxylic acids is 1. The molecule has 0 radical (unpaired) electrons. The van der Waals surface area contributed by atoms with Crippen LogP contribution in [0.25, 0.3) is 10.9 Å². The lowest BCUT2D eigenvalue weighted by atomic mass is 9.88. The van der Waals surface area contributed by atoms with Crippen molar-refractivity contribution in [3.63, 3.8) is 0 Å². The summed E-state index contributed by atoms with van der Waals surface area (Å²) in [5.41, 5.74) is 1.52. The molecular weight excluding hydrogens is 252 g/mol. The lowest BCUT2D eigenvalue weighted by Gasteiger charge is -2.22. The van der Waals surface area contributed by atoms with Crippen molar-refractivity contribution in [2.45, 2.75) is 12.8 Å². The van der Waals surface area contributed by atoms with Gasteiger partial charge in [-0.1, -0.05) is 6.07 Å². The van der Waals surface area contributed by atoms with Gasteiger partial charge in [-0.2, -0.15) is 0 Å². The molecule has 0 atom stereocenters. The molecule has 0 saturated carbocycles. The van der Waals surface area contributed by atoms with Crippen LogP contribution >= 0.6 is 0 Å². The van der Waals surface area contributed by atoms with Crippen LogP contribution < -0.4 is 10.1 Å². The summed E-state index contributed by atoms with van der Waals surface area (Å²) in [7, 11) is 1.62. The van der Waals surface area contributed by atoms with Gasteiger partial charge in [0.25, 0.3) is 0 Å². The average Bonchev–Trinajstić information content (AvgIpc) is 2.54. The monoisotopic (exact) mass is 270 g/mol. The van der Waals surface area contributed by atoms with Crippen LogP contribution in [0.4, 0.5) is 0 Å². The van der Waals surface area contributed by atoms with Crippen molar-refractivity contribution in [3.8, 4) is 5.75 Å². The quantitative estimate of drug-likeness (QED) is 0.870. The zero-order valence-electron chi connectivity index (χ0n) is 11.6. The third kappa shape index (κ3) is 2.27. The van der Waals surface area contributed by atoms with Crippen LogP contribution in [0.1, 0.15) is 23.2 Å². The second kappa shape index (κ2) is 5.59. The van der Waals surface area contributed by atoms with E-state index in [0.717, 1.165) is 42.4 Å². The molecule has 0 amide bonds. The van der Waals surface area contributed by atoms with E-state index in [9.17, 15) is 4.79 Å². The molecule has 4 heteroatoms. The molecule has 0 spiro atoms. The van der Waals surface area contributed by atoms with E-state index in [1.807, 2.05) is 24.3 Å². The summed E-state index contributed by atoms with van der Waals surface area (Å²) >= 11 is 0. The molecular formula is C16H18N2O2. The molecule has 0 bridgehead atoms. The van der Waals surface area contributed by atoms with E-state index < -0.39 is 0 Å². The summed E-state index contributed by atoms with van der Waals surface area (Å²) in [6.45, 7) is 1.84. The number of ketones is 1. The molecule has 1 saturated heterocycles. The maximum atomic E-state index is 12.7. The van der Waals surface area contributed by atoms with Crippen LogP contribution in [-0.4, -0.2) is 31.0 Å². The molecule has 1 fully saturated rings. The third-order valence-electron chi connectivity index (χ3n) is 3.93. The number of aromatic nitrogens is 1. The fourth-order valence-corrected chi connectivity index (χ4v) is 2.83. The molecule has 3 rings (SSSR count). The van der Waals surface area contributed by atoms with Crippen LogP contribution in [0.3, 0.4) is 0 Å². The number of ether oxygens (including phenoxy) is 1. The number of fused-ring (bicyclic) bond motifs is 1. The molecule has 1 aromatic heterocycles. The van der Waals surface area contributed by atoms with Crippen LogP contribution in [0, 0.1) is 5.92 Å². The molecule has 2 aromatic rings. The van der Waals surface area contributed by atoms with E-state index in [-0.39, 0.29) is 11.7 Å². The van der Waals surface area contributed by atoms with E-state index in [2.05, 4.69) is 10.3 Å². The number of carbonyl (C=O) groups is 1. The predicted octanol–water partition coefficient (Wildman–Crippen LogP) is 2.43. The van der Waals surface area contributed by atoms with Gasteiger partial charge in [0.2, 0.25) is 0 Å². The number of piperidine rings is 1. The van der Waals surface area contributed by atoms with Gasteiger partial charge in [0.15, 0.2) is 5.78 Å². The summed E-state index contributed by atoms with van der Waals surface area (Å²) in [5.74, 6) is 1.06. The number of nitrogens with zero attached hydrogens (tertiary/aromatic N) is 1. The van der Waals surface area contributed by atoms with Crippen molar-refractivity contribution in [2.24, 2.45) is 5.92 Å². The Balaban J connectivity index is 2.05. The molecule has 1 aromatic carbocycles. The fourth-order valence-electron chi connectivity index (χ4n) is 2.83. The lowest BCUT2D eigenvalue weighted by molar-refractivity contribution is 0.0897. The van der Waals surface area contributed by atoms with Gasteiger partial charge in [-0.3, -0.25) is 9.78 Å². The van der Waals surface area contributed by atoms with E-state index >= 15 is 0 Å². The summed E-state index contributed by atoms with van der Waals surface area (Å²) in [6.07, 6.45) is 3.54. The number of rotatable bonds is 3. The second-order valence-corrected chi connectivity index (χ2v) is 5.10. The van der Waals surface area contributed by atoms with Gasteiger partial charge >= 0.3 is 0 Å². The highest BCUT2D eigenvalue weighted by molar-refractivity contribution is 6.09. The van der Waals surface area contributed by atoms with Crippen LogP contribution in [0.2, 0.25) is 0 Å². The second-order valence-electron chi connectivity index (χ2n) is 5.10. The van der Waals surface area contributed by atoms with Crippen LogP contribution in [0.5, 0.6) is 5.75 Å². The first-order chi connectivity index (χ1) is 9.81. The number of hydrogen-bond acceptors (Lipinski definition) is 4. The highest BCUT2D eigenvalue weighted by Gasteiger charge is 2.24. The molecule has 20 heavy (non-hydrogen) atoms. The maximum Gasteiger partial charge on any atom is 0.166 e. The van der Waals surface area contributed by atoms with Gasteiger partial charge in [0, 0.05) is 23.1 Å². The van der Waals surface area contributed by atoms with Crippen molar-refractivity contribution in [1.82, 2.24) is 10.3 Å². The first kappa shape index (κ1) is 13.1. The van der Waals surface area contributed by atoms with Crippen molar-refractivity contribution in [3.05, 3.63) is 36.0 Å². The number of pyridine rings is 1. The van der Waals surface area contributed by atoms with E-state index in [0.29, 0.717) is 5.75 Å². The van der Waals surface area contributed by atoms with Gasteiger partial charge in [-0.25, -0.2) is 0 Å². The first-order valence-electron chi connectivity index (χ1n) is 6.98. The van der Waals surface area contributed by atoms with Crippen molar-refractivity contribution in [2.75, 3.05) is 20.2 Å². The topological polar surface area (TPSA) is 51.2 Å². The maximum absolute atomic E-state index is 12.7. The largest absolute Gasteiger partial charge is 0.494 e. The predicted molar refractivity (Wildman–Crippen MR) is 78.2 cm³/mol. The Bertz CT molecular complexity index is 633. The Kier molecular flexibility index (Phi) is 3.65. The Morgan fingerprint density at radius 3 is 2.85 bits per heavy atom. The molecule has 0 unspecified atom stereocenters. The number of benzene rings is 1. The van der Waals surface area contributed by atoms with Crippen molar-refractivity contribution in [1.29, 1.82) is 0 Å². The van der Waals surface area contributed by atoms with Gasteiger partial charge < -0.3 is 10.1 Å². The van der Waals surface area contributed by atoms with Gasteiger partial charge in [0.1, 0.15) is 11.3 Å². The van der Waals surface area contributed by atoms with E-state index in [4.69, 9.17) is 4.74 Å².